The highest BCUT2D eigenvalue weighted by molar-refractivity contribution is 6.40. The fourth-order valence-corrected chi connectivity index (χ4v) is 1.36. The maximum atomic E-state index is 10.6. The Morgan fingerprint density at radius 1 is 1.50 bits per heavy atom. The van der Waals surface area contributed by atoms with Crippen LogP contribution in [0.1, 0.15) is 6.42 Å². The third-order valence-electron chi connectivity index (χ3n) is 1.20. The summed E-state index contributed by atoms with van der Waals surface area (Å²) in [5.74, 6) is 0. The van der Waals surface area contributed by atoms with E-state index in [2.05, 4.69) is 5.32 Å². The van der Waals surface area contributed by atoms with Crippen LogP contribution in [0.2, 0.25) is 12.6 Å². The van der Waals surface area contributed by atoms with Crippen molar-refractivity contribution < 1.29 is 4.46 Å². The van der Waals surface area contributed by atoms with Gasteiger partial charge in [0.1, 0.15) is 0 Å². The van der Waals surface area contributed by atoms with E-state index in [9.17, 15) is 4.46 Å². The molecule has 0 saturated carbocycles. The first-order chi connectivity index (χ1) is 4.77. The lowest BCUT2D eigenvalue weighted by Gasteiger charge is -1.99. The number of nitrogens with one attached hydrogen (secondary N) is 1. The Morgan fingerprint density at radius 2 is 2.20 bits per heavy atom. The summed E-state index contributed by atoms with van der Waals surface area (Å²) in [6, 6.07) is 0.863. The molecule has 60 valence electrons. The van der Waals surface area contributed by atoms with Gasteiger partial charge in [0.25, 0.3) is 8.68 Å². The lowest BCUT2D eigenvalue weighted by atomic mass is 10.5. The van der Waals surface area contributed by atoms with Crippen molar-refractivity contribution in [1.82, 2.24) is 5.32 Å². The molecule has 0 aromatic rings. The maximum absolute atomic E-state index is 10.6. The first kappa shape index (κ1) is 9.94. The molecule has 0 heterocycles. The molecule has 0 aliphatic heterocycles. The van der Waals surface area contributed by atoms with Gasteiger partial charge in [-0.25, -0.2) is 0 Å². The van der Waals surface area contributed by atoms with Crippen LogP contribution in [0.4, 0.5) is 0 Å². The highest BCUT2D eigenvalue weighted by Crippen LogP contribution is 1.87. The quantitative estimate of drug-likeness (QED) is 0.424. The van der Waals surface area contributed by atoms with E-state index in [1.807, 2.05) is 0 Å². The Balaban J connectivity index is 2.84. The second kappa shape index (κ2) is 7.05. The van der Waals surface area contributed by atoms with Crippen molar-refractivity contribution in [2.24, 2.45) is 5.73 Å². The molecule has 0 atom stereocenters. The van der Waals surface area contributed by atoms with Crippen molar-refractivity contribution in [2.75, 3.05) is 19.6 Å². The van der Waals surface area contributed by atoms with E-state index >= 15 is 0 Å². The van der Waals surface area contributed by atoms with Crippen molar-refractivity contribution in [3.05, 3.63) is 0 Å². The van der Waals surface area contributed by atoms with Crippen molar-refractivity contribution >= 4 is 8.68 Å². The van der Waals surface area contributed by atoms with Gasteiger partial charge in [0, 0.05) is 13.1 Å². The lowest BCUT2D eigenvalue weighted by Crippen LogP contribution is -2.23. The van der Waals surface area contributed by atoms with Gasteiger partial charge in [0.05, 0.1) is 0 Å². The summed E-state index contributed by atoms with van der Waals surface area (Å²) in [6.07, 6.45) is 1.01. The molecule has 0 saturated heterocycles. The second-order valence-corrected chi connectivity index (χ2v) is 4.25. The molecule has 3 N–H and O–H groups in total. The first-order valence-electron chi connectivity index (χ1n) is 3.67. The van der Waals surface area contributed by atoms with Gasteiger partial charge in [-0.3, -0.25) is 0 Å². The van der Waals surface area contributed by atoms with Crippen LogP contribution >= 0.6 is 0 Å². The van der Waals surface area contributed by atoms with Gasteiger partial charge in [-0.05, 0) is 25.6 Å². The topological polar surface area (TPSA) is 55.1 Å². The van der Waals surface area contributed by atoms with Crippen LogP contribution in [0, 0.1) is 0 Å². The SMILES string of the molecule is C[Si](=O)CCCNCCN. The second-order valence-electron chi connectivity index (χ2n) is 2.34. The van der Waals surface area contributed by atoms with Crippen molar-refractivity contribution in [1.29, 1.82) is 0 Å². The van der Waals surface area contributed by atoms with Gasteiger partial charge in [0.15, 0.2) is 0 Å². The van der Waals surface area contributed by atoms with E-state index in [-0.39, 0.29) is 0 Å². The highest BCUT2D eigenvalue weighted by Gasteiger charge is 1.93. The Hall–Kier alpha value is -0.0631. The van der Waals surface area contributed by atoms with Gasteiger partial charge < -0.3 is 15.5 Å². The zero-order valence-electron chi connectivity index (χ0n) is 6.52. The van der Waals surface area contributed by atoms with Crippen molar-refractivity contribution in [2.45, 2.75) is 19.0 Å². The molecule has 0 rings (SSSR count). The molecular formula is C6H16N2OSi. The van der Waals surface area contributed by atoms with Gasteiger partial charge in [-0.1, -0.05) is 0 Å². The van der Waals surface area contributed by atoms with Crippen LogP contribution < -0.4 is 11.1 Å². The summed E-state index contributed by atoms with van der Waals surface area (Å²) in [4.78, 5) is 0. The monoisotopic (exact) mass is 160 g/mol. The molecular weight excluding hydrogens is 144 g/mol. The van der Waals surface area contributed by atoms with E-state index < -0.39 is 8.68 Å². The molecule has 0 unspecified atom stereocenters. The van der Waals surface area contributed by atoms with Crippen LogP contribution in [-0.4, -0.2) is 28.3 Å². The molecule has 4 heteroatoms. The molecule has 0 aromatic heterocycles. The first-order valence-corrected chi connectivity index (χ1v) is 5.79. The molecule has 0 amide bonds. The average Bonchev–Trinajstić information content (AvgIpc) is 1.87. The minimum Gasteiger partial charge on any atom is -0.389 e. The predicted octanol–water partition coefficient (Wildman–Crippen LogP) is -0.0234. The summed E-state index contributed by atoms with van der Waals surface area (Å²) in [5.41, 5.74) is 5.25. The normalized spacial score (nSPS) is 9.80. The number of hydrogen-bond donors (Lipinski definition) is 2. The molecule has 0 aliphatic carbocycles. The van der Waals surface area contributed by atoms with E-state index in [1.165, 1.54) is 0 Å². The minimum atomic E-state index is -1.24. The van der Waals surface area contributed by atoms with Gasteiger partial charge in [0.2, 0.25) is 0 Å². The average molecular weight is 160 g/mol. The van der Waals surface area contributed by atoms with E-state index in [0.717, 1.165) is 25.6 Å². The van der Waals surface area contributed by atoms with Gasteiger partial charge >= 0.3 is 0 Å². The molecule has 0 bridgehead atoms. The van der Waals surface area contributed by atoms with Gasteiger partial charge in [-0.15, -0.1) is 0 Å². The summed E-state index contributed by atoms with van der Waals surface area (Å²) in [7, 11) is -1.24. The summed E-state index contributed by atoms with van der Waals surface area (Å²) < 4.78 is 10.6. The Bertz CT molecular complexity index is 97.7. The van der Waals surface area contributed by atoms with Gasteiger partial charge in [-0.2, -0.15) is 0 Å². The predicted molar refractivity (Wildman–Crippen MR) is 43.7 cm³/mol. The largest absolute Gasteiger partial charge is 0.389 e. The van der Waals surface area contributed by atoms with E-state index in [4.69, 9.17) is 5.73 Å². The van der Waals surface area contributed by atoms with Crippen LogP contribution in [0.3, 0.4) is 0 Å². The number of nitrogens with two attached hydrogens (primary N) is 1. The highest BCUT2D eigenvalue weighted by atomic mass is 28.3. The molecule has 3 nitrogen and oxygen atoms in total. The molecule has 10 heavy (non-hydrogen) atoms. The van der Waals surface area contributed by atoms with Crippen LogP contribution in [0.25, 0.3) is 0 Å². The summed E-state index contributed by atoms with van der Waals surface area (Å²) in [5, 5.41) is 3.14. The standard InChI is InChI=1S/C6H16N2OSi/c1-10(9)6-2-4-8-5-3-7/h8H,2-7H2,1H3. The molecule has 0 aliphatic rings. The number of rotatable bonds is 6. The van der Waals surface area contributed by atoms with E-state index in [0.29, 0.717) is 6.54 Å². The summed E-state index contributed by atoms with van der Waals surface area (Å²) >= 11 is 0. The maximum Gasteiger partial charge on any atom is 0.273 e. The minimum absolute atomic E-state index is 0.682. The van der Waals surface area contributed by atoms with Crippen LogP contribution in [0.5, 0.6) is 0 Å². The fourth-order valence-electron chi connectivity index (χ4n) is 0.689. The Kier molecular flexibility index (Phi) is 7.00. The third kappa shape index (κ3) is 7.94. The van der Waals surface area contributed by atoms with Crippen molar-refractivity contribution in [3.8, 4) is 0 Å². The smallest absolute Gasteiger partial charge is 0.273 e. The Morgan fingerprint density at radius 3 is 2.70 bits per heavy atom. The zero-order valence-corrected chi connectivity index (χ0v) is 7.52. The fraction of sp³-hybridized carbons (Fsp3) is 1.00. The van der Waals surface area contributed by atoms with Crippen LogP contribution in [0.15, 0.2) is 0 Å². The molecule has 0 radical (unpaired) electrons. The zero-order chi connectivity index (χ0) is 7.82. The molecule has 0 fully saturated rings. The lowest BCUT2D eigenvalue weighted by molar-refractivity contribution is 0.559. The Labute approximate surface area is 63.7 Å². The summed E-state index contributed by atoms with van der Waals surface area (Å²) in [6.45, 7) is 4.29. The van der Waals surface area contributed by atoms with Crippen LogP contribution in [-0.2, 0) is 4.46 Å². The van der Waals surface area contributed by atoms with Crippen molar-refractivity contribution in [3.63, 3.8) is 0 Å². The molecule has 0 spiro atoms. The number of hydrogen-bond acceptors (Lipinski definition) is 3. The third-order valence-corrected chi connectivity index (χ3v) is 2.26. The molecule has 0 aromatic carbocycles. The van der Waals surface area contributed by atoms with E-state index in [1.54, 1.807) is 6.55 Å².